The highest BCUT2D eigenvalue weighted by atomic mass is 19.1. The first-order chi connectivity index (χ1) is 14.0. The third-order valence-corrected chi connectivity index (χ3v) is 6.18. The Labute approximate surface area is 172 Å². The average Bonchev–Trinajstić information content (AvgIpc) is 2.74. The Bertz CT molecular complexity index is 817. The predicted molar refractivity (Wildman–Crippen MR) is 111 cm³/mol. The quantitative estimate of drug-likeness (QED) is 0.773. The molecule has 0 radical (unpaired) electrons. The third kappa shape index (κ3) is 4.85. The highest BCUT2D eigenvalue weighted by molar-refractivity contribution is 5.81. The van der Waals surface area contributed by atoms with Crippen LogP contribution in [0.5, 0.6) is 0 Å². The van der Waals surface area contributed by atoms with E-state index in [9.17, 15) is 9.18 Å². The van der Waals surface area contributed by atoms with Crippen molar-refractivity contribution in [2.75, 3.05) is 26.2 Å². The minimum Gasteiger partial charge on any atom is -0.360 e. The lowest BCUT2D eigenvalue weighted by Gasteiger charge is -2.49. The van der Waals surface area contributed by atoms with Gasteiger partial charge in [0.15, 0.2) is 0 Å². The smallest absolute Gasteiger partial charge is 0.251 e. The van der Waals surface area contributed by atoms with Gasteiger partial charge in [0, 0.05) is 26.2 Å². The molecule has 0 aliphatic carbocycles. The highest BCUT2D eigenvalue weighted by Crippen LogP contribution is 2.33. The minimum absolute atomic E-state index is 0.0199. The SMILES string of the molecule is CC1OC2(CCN(CCc3ccccc3)CC2)CN(Cc2ccc(F)cc2)C1=O. The monoisotopic (exact) mass is 396 g/mol. The Balaban J connectivity index is 1.35. The molecule has 2 aliphatic heterocycles. The Kier molecular flexibility index (Phi) is 5.97. The Morgan fingerprint density at radius 1 is 1.03 bits per heavy atom. The number of halogens is 1. The molecule has 4 nitrogen and oxygen atoms in total. The molecule has 0 bridgehead atoms. The van der Waals surface area contributed by atoms with Crippen LogP contribution in [0.3, 0.4) is 0 Å². The molecule has 1 atom stereocenters. The first kappa shape index (κ1) is 20.0. The Morgan fingerprint density at radius 3 is 2.41 bits per heavy atom. The number of carbonyl (C=O) groups excluding carboxylic acids is 1. The van der Waals surface area contributed by atoms with E-state index in [0.717, 1.165) is 44.5 Å². The van der Waals surface area contributed by atoms with Crippen molar-refractivity contribution >= 4 is 5.91 Å². The van der Waals surface area contributed by atoms with Crippen LogP contribution in [0.1, 0.15) is 30.9 Å². The summed E-state index contributed by atoms with van der Waals surface area (Å²) in [4.78, 5) is 17.0. The largest absolute Gasteiger partial charge is 0.360 e. The van der Waals surface area contributed by atoms with E-state index in [1.807, 2.05) is 11.8 Å². The van der Waals surface area contributed by atoms with Gasteiger partial charge in [-0.2, -0.15) is 0 Å². The van der Waals surface area contributed by atoms with E-state index in [0.29, 0.717) is 13.1 Å². The lowest BCUT2D eigenvalue weighted by atomic mass is 9.88. The molecule has 4 rings (SSSR count). The maximum Gasteiger partial charge on any atom is 0.251 e. The van der Waals surface area contributed by atoms with Crippen molar-refractivity contribution in [3.8, 4) is 0 Å². The van der Waals surface area contributed by atoms with Crippen LogP contribution in [0.2, 0.25) is 0 Å². The topological polar surface area (TPSA) is 32.8 Å². The van der Waals surface area contributed by atoms with Crippen LogP contribution in [0.15, 0.2) is 54.6 Å². The molecule has 0 N–H and O–H groups in total. The lowest BCUT2D eigenvalue weighted by molar-refractivity contribution is -0.190. The summed E-state index contributed by atoms with van der Waals surface area (Å²) in [6, 6.07) is 17.0. The summed E-state index contributed by atoms with van der Waals surface area (Å²) >= 11 is 0. The average molecular weight is 397 g/mol. The molecule has 1 spiro atoms. The molecule has 29 heavy (non-hydrogen) atoms. The number of benzene rings is 2. The van der Waals surface area contributed by atoms with Gasteiger partial charge in [0.25, 0.3) is 5.91 Å². The zero-order valence-electron chi connectivity index (χ0n) is 17.0. The second kappa shape index (κ2) is 8.64. The second-order valence-electron chi connectivity index (χ2n) is 8.34. The molecule has 2 heterocycles. The van der Waals surface area contributed by atoms with E-state index >= 15 is 0 Å². The van der Waals surface area contributed by atoms with E-state index in [4.69, 9.17) is 4.74 Å². The summed E-state index contributed by atoms with van der Waals surface area (Å²) in [5, 5.41) is 0. The van der Waals surface area contributed by atoms with Gasteiger partial charge in [0.2, 0.25) is 0 Å². The highest BCUT2D eigenvalue weighted by Gasteiger charge is 2.45. The number of hydrogen-bond acceptors (Lipinski definition) is 3. The molecular formula is C24H29FN2O2. The predicted octanol–water partition coefficient (Wildman–Crippen LogP) is 3.65. The fourth-order valence-corrected chi connectivity index (χ4v) is 4.48. The standard InChI is InChI=1S/C24H29FN2O2/c1-19-23(28)27(17-21-7-9-22(25)10-8-21)18-24(29-19)12-15-26(16-13-24)14-11-20-5-3-2-4-6-20/h2-10,19H,11-18H2,1H3. The molecule has 154 valence electrons. The summed E-state index contributed by atoms with van der Waals surface area (Å²) in [6.45, 7) is 5.99. The van der Waals surface area contributed by atoms with Crippen molar-refractivity contribution in [1.82, 2.24) is 9.80 Å². The van der Waals surface area contributed by atoms with Gasteiger partial charge >= 0.3 is 0 Å². The van der Waals surface area contributed by atoms with Crippen LogP contribution >= 0.6 is 0 Å². The molecule has 1 unspecified atom stereocenters. The molecule has 0 saturated carbocycles. The number of piperidine rings is 1. The molecule has 2 aromatic carbocycles. The van der Waals surface area contributed by atoms with E-state index in [1.165, 1.54) is 17.7 Å². The van der Waals surface area contributed by atoms with Gasteiger partial charge in [-0.05, 0) is 49.4 Å². The number of morpholine rings is 1. The van der Waals surface area contributed by atoms with Crippen molar-refractivity contribution in [2.24, 2.45) is 0 Å². The van der Waals surface area contributed by atoms with Gasteiger partial charge in [-0.25, -0.2) is 4.39 Å². The molecule has 2 saturated heterocycles. The Morgan fingerprint density at radius 2 is 1.72 bits per heavy atom. The zero-order chi connectivity index (χ0) is 20.3. The lowest BCUT2D eigenvalue weighted by Crippen LogP contribution is -2.61. The van der Waals surface area contributed by atoms with Crippen LogP contribution in [0.25, 0.3) is 0 Å². The number of nitrogens with zero attached hydrogens (tertiary/aromatic N) is 2. The molecule has 2 aliphatic rings. The van der Waals surface area contributed by atoms with E-state index < -0.39 is 6.10 Å². The van der Waals surface area contributed by atoms with Gasteiger partial charge < -0.3 is 14.5 Å². The number of ether oxygens (including phenoxy) is 1. The van der Waals surface area contributed by atoms with Crippen molar-refractivity contribution in [2.45, 2.75) is 44.4 Å². The first-order valence-electron chi connectivity index (χ1n) is 10.5. The minimum atomic E-state index is -0.430. The second-order valence-corrected chi connectivity index (χ2v) is 8.34. The van der Waals surface area contributed by atoms with Crippen LogP contribution in [0.4, 0.5) is 4.39 Å². The van der Waals surface area contributed by atoms with Crippen molar-refractivity contribution in [1.29, 1.82) is 0 Å². The Hall–Kier alpha value is -2.24. The molecule has 2 fully saturated rings. The normalized spacial score (nSPS) is 22.2. The summed E-state index contributed by atoms with van der Waals surface area (Å²) in [6.07, 6.45) is 2.49. The van der Waals surface area contributed by atoms with Gasteiger partial charge in [-0.1, -0.05) is 42.5 Å². The molecule has 1 amide bonds. The fourth-order valence-electron chi connectivity index (χ4n) is 4.48. The van der Waals surface area contributed by atoms with E-state index in [-0.39, 0.29) is 17.3 Å². The number of rotatable bonds is 5. The van der Waals surface area contributed by atoms with E-state index in [2.05, 4.69) is 35.2 Å². The van der Waals surface area contributed by atoms with Crippen LogP contribution in [0, 0.1) is 5.82 Å². The van der Waals surface area contributed by atoms with Crippen molar-refractivity contribution in [3.05, 3.63) is 71.5 Å². The fraction of sp³-hybridized carbons (Fsp3) is 0.458. The number of likely N-dealkylation sites (tertiary alicyclic amines) is 1. The van der Waals surface area contributed by atoms with Crippen LogP contribution < -0.4 is 0 Å². The van der Waals surface area contributed by atoms with Crippen LogP contribution in [-0.4, -0.2) is 53.6 Å². The van der Waals surface area contributed by atoms with E-state index in [1.54, 1.807) is 12.1 Å². The van der Waals surface area contributed by atoms with Gasteiger partial charge in [0.1, 0.15) is 11.9 Å². The maximum atomic E-state index is 13.2. The molecule has 2 aromatic rings. The number of carbonyl (C=O) groups is 1. The van der Waals surface area contributed by atoms with Crippen LogP contribution in [-0.2, 0) is 22.5 Å². The molecule has 0 aromatic heterocycles. The summed E-state index contributed by atoms with van der Waals surface area (Å²) in [5.41, 5.74) is 2.05. The summed E-state index contributed by atoms with van der Waals surface area (Å²) < 4.78 is 19.4. The number of hydrogen-bond donors (Lipinski definition) is 0. The maximum absolute atomic E-state index is 13.2. The summed E-state index contributed by atoms with van der Waals surface area (Å²) in [5.74, 6) is -0.235. The zero-order valence-corrected chi connectivity index (χ0v) is 17.0. The van der Waals surface area contributed by atoms with Gasteiger partial charge in [-0.3, -0.25) is 4.79 Å². The molecule has 5 heteroatoms. The summed E-state index contributed by atoms with van der Waals surface area (Å²) in [7, 11) is 0. The van der Waals surface area contributed by atoms with Gasteiger partial charge in [0.05, 0.1) is 12.1 Å². The molecular weight excluding hydrogens is 367 g/mol. The van der Waals surface area contributed by atoms with Gasteiger partial charge in [-0.15, -0.1) is 0 Å². The van der Waals surface area contributed by atoms with Crippen molar-refractivity contribution in [3.63, 3.8) is 0 Å². The van der Waals surface area contributed by atoms with Crippen molar-refractivity contribution < 1.29 is 13.9 Å². The first-order valence-corrected chi connectivity index (χ1v) is 10.5. The number of amides is 1. The third-order valence-electron chi connectivity index (χ3n) is 6.18.